The van der Waals surface area contributed by atoms with Crippen molar-refractivity contribution in [3.63, 3.8) is 0 Å². The molecule has 0 saturated heterocycles. The number of nitrogens with one attached hydrogen (secondary N) is 1. The highest BCUT2D eigenvalue weighted by Gasteiger charge is 2.09. The van der Waals surface area contributed by atoms with Gasteiger partial charge in [-0.15, -0.1) is 0 Å². The van der Waals surface area contributed by atoms with Gasteiger partial charge in [-0.25, -0.2) is 0 Å². The van der Waals surface area contributed by atoms with Gasteiger partial charge in [0, 0.05) is 11.7 Å². The molecular formula is C14H21N3O2. The van der Waals surface area contributed by atoms with E-state index in [4.69, 9.17) is 16.6 Å². The van der Waals surface area contributed by atoms with E-state index in [1.54, 1.807) is 0 Å². The Morgan fingerprint density at radius 1 is 1.26 bits per heavy atom. The minimum absolute atomic E-state index is 0.520. The minimum Gasteiger partial charge on any atom is -0.480 e. The second-order valence-electron chi connectivity index (χ2n) is 4.29. The highest BCUT2D eigenvalue weighted by Crippen LogP contribution is 2.09. The molecule has 6 N–H and O–H groups in total. The van der Waals surface area contributed by atoms with Crippen LogP contribution in [0.5, 0.6) is 0 Å². The summed E-state index contributed by atoms with van der Waals surface area (Å²) in [6.45, 7) is 0.604. The number of fused-ring (bicyclic) bond motifs is 1. The van der Waals surface area contributed by atoms with E-state index < -0.39 is 12.0 Å². The average molecular weight is 263 g/mol. The molecule has 0 radical (unpaired) electrons. The first-order valence-electron chi connectivity index (χ1n) is 6.35. The van der Waals surface area contributed by atoms with Crippen LogP contribution in [0.3, 0.4) is 0 Å². The van der Waals surface area contributed by atoms with E-state index in [0.29, 0.717) is 13.0 Å². The van der Waals surface area contributed by atoms with Crippen molar-refractivity contribution in [2.24, 2.45) is 11.5 Å². The van der Waals surface area contributed by atoms with Crippen LogP contribution in [-0.2, 0) is 4.79 Å². The van der Waals surface area contributed by atoms with Crippen molar-refractivity contribution in [2.75, 3.05) is 6.54 Å². The van der Waals surface area contributed by atoms with Gasteiger partial charge in [0.25, 0.3) is 0 Å². The molecule has 0 aliphatic carbocycles. The second-order valence-corrected chi connectivity index (χ2v) is 4.29. The lowest BCUT2D eigenvalue weighted by atomic mass is 10.1. The van der Waals surface area contributed by atoms with Crippen molar-refractivity contribution >= 4 is 16.9 Å². The molecule has 1 heterocycles. The summed E-state index contributed by atoms with van der Waals surface area (Å²) < 4.78 is 0. The summed E-state index contributed by atoms with van der Waals surface area (Å²) in [6.07, 6.45) is 4.11. The van der Waals surface area contributed by atoms with Gasteiger partial charge in [-0.3, -0.25) is 4.79 Å². The maximum Gasteiger partial charge on any atom is 0.320 e. The van der Waals surface area contributed by atoms with Crippen molar-refractivity contribution in [3.05, 3.63) is 36.5 Å². The molecule has 5 nitrogen and oxygen atoms in total. The number of aliphatic carboxylic acids is 1. The molecule has 2 rings (SSSR count). The van der Waals surface area contributed by atoms with Gasteiger partial charge in [0.15, 0.2) is 0 Å². The van der Waals surface area contributed by atoms with Crippen LogP contribution >= 0.6 is 0 Å². The minimum atomic E-state index is -0.933. The zero-order chi connectivity index (χ0) is 14.1. The van der Waals surface area contributed by atoms with Crippen molar-refractivity contribution in [1.29, 1.82) is 0 Å². The Kier molecular flexibility index (Phi) is 6.63. The zero-order valence-electron chi connectivity index (χ0n) is 10.9. The van der Waals surface area contributed by atoms with Gasteiger partial charge in [0.1, 0.15) is 6.04 Å². The fourth-order valence-electron chi connectivity index (χ4n) is 1.63. The Labute approximate surface area is 112 Å². The Morgan fingerprint density at radius 3 is 2.63 bits per heavy atom. The third kappa shape index (κ3) is 5.54. The molecule has 0 aliphatic heterocycles. The molecule has 2 aromatic rings. The maximum absolute atomic E-state index is 10.1. The van der Waals surface area contributed by atoms with Crippen LogP contribution in [0.25, 0.3) is 10.9 Å². The Hall–Kier alpha value is -1.85. The van der Waals surface area contributed by atoms with Gasteiger partial charge < -0.3 is 21.6 Å². The van der Waals surface area contributed by atoms with Crippen LogP contribution in [0.1, 0.15) is 19.3 Å². The van der Waals surface area contributed by atoms with Crippen molar-refractivity contribution in [1.82, 2.24) is 4.98 Å². The lowest BCUT2D eigenvalue weighted by Gasteiger charge is -2.03. The highest BCUT2D eigenvalue weighted by atomic mass is 16.4. The molecule has 0 spiro atoms. The van der Waals surface area contributed by atoms with Gasteiger partial charge in [-0.05, 0) is 36.9 Å². The number of unbranched alkanes of at least 4 members (excludes halogenated alkanes) is 1. The van der Waals surface area contributed by atoms with Crippen molar-refractivity contribution in [3.8, 4) is 0 Å². The lowest BCUT2D eigenvalue weighted by molar-refractivity contribution is -0.138. The molecule has 5 heteroatoms. The SMILES string of the molecule is NCCCC[C@H](N)C(=O)O.c1ccc2[nH]ccc2c1. The molecular weight excluding hydrogens is 242 g/mol. The summed E-state index contributed by atoms with van der Waals surface area (Å²) >= 11 is 0. The van der Waals surface area contributed by atoms with E-state index in [9.17, 15) is 4.79 Å². The number of hydrogen-bond donors (Lipinski definition) is 4. The summed E-state index contributed by atoms with van der Waals surface area (Å²) in [6, 6.07) is 9.57. The molecule has 1 aromatic carbocycles. The molecule has 0 saturated carbocycles. The average Bonchev–Trinajstić information content (AvgIpc) is 2.87. The fraction of sp³-hybridized carbons (Fsp3) is 0.357. The number of hydrogen-bond acceptors (Lipinski definition) is 3. The summed E-state index contributed by atoms with van der Waals surface area (Å²) in [5.41, 5.74) is 11.6. The number of rotatable bonds is 5. The van der Waals surface area contributed by atoms with E-state index in [0.717, 1.165) is 12.8 Å². The first-order chi connectivity index (χ1) is 9.15. The number of nitrogens with two attached hydrogens (primary N) is 2. The van der Waals surface area contributed by atoms with E-state index in [-0.39, 0.29) is 0 Å². The molecule has 1 aromatic heterocycles. The number of aromatic nitrogens is 1. The maximum atomic E-state index is 10.1. The predicted molar refractivity (Wildman–Crippen MR) is 76.8 cm³/mol. The van der Waals surface area contributed by atoms with Crippen LogP contribution in [0, 0.1) is 0 Å². The third-order valence-electron chi connectivity index (χ3n) is 2.75. The zero-order valence-corrected chi connectivity index (χ0v) is 10.9. The van der Waals surface area contributed by atoms with E-state index in [1.807, 2.05) is 18.3 Å². The predicted octanol–water partition coefficient (Wildman–Crippen LogP) is 1.70. The first-order valence-corrected chi connectivity index (χ1v) is 6.35. The summed E-state index contributed by atoms with van der Waals surface area (Å²) in [7, 11) is 0. The largest absolute Gasteiger partial charge is 0.480 e. The van der Waals surface area contributed by atoms with Gasteiger partial charge in [0.2, 0.25) is 0 Å². The summed E-state index contributed by atoms with van der Waals surface area (Å²) in [4.78, 5) is 13.3. The van der Waals surface area contributed by atoms with Gasteiger partial charge in [-0.2, -0.15) is 0 Å². The second kappa shape index (κ2) is 8.29. The number of H-pyrrole nitrogens is 1. The number of carboxylic acids is 1. The van der Waals surface area contributed by atoms with Crippen molar-refractivity contribution < 1.29 is 9.90 Å². The quantitative estimate of drug-likeness (QED) is 0.616. The summed E-state index contributed by atoms with van der Waals surface area (Å²) in [5.74, 6) is -0.933. The van der Waals surface area contributed by atoms with E-state index in [2.05, 4.69) is 23.2 Å². The van der Waals surface area contributed by atoms with Crippen LogP contribution in [0.15, 0.2) is 36.5 Å². The third-order valence-corrected chi connectivity index (χ3v) is 2.75. The number of benzene rings is 1. The molecule has 19 heavy (non-hydrogen) atoms. The van der Waals surface area contributed by atoms with E-state index >= 15 is 0 Å². The molecule has 104 valence electrons. The molecule has 0 fully saturated rings. The summed E-state index contributed by atoms with van der Waals surface area (Å²) in [5, 5.41) is 9.60. The number of carboxylic acid groups (broad SMARTS) is 1. The van der Waals surface area contributed by atoms with Gasteiger partial charge in [-0.1, -0.05) is 24.6 Å². The van der Waals surface area contributed by atoms with Crippen LogP contribution in [0.4, 0.5) is 0 Å². The lowest BCUT2D eigenvalue weighted by Crippen LogP contribution is -2.29. The first kappa shape index (κ1) is 15.2. The standard InChI is InChI=1S/C8H7N.C6H14N2O2/c1-2-4-8-7(3-1)5-6-9-8;7-4-2-1-3-5(8)6(9)10/h1-6,9H;5H,1-4,7-8H2,(H,9,10)/t;5-/m.0/s1. The van der Waals surface area contributed by atoms with Crippen LogP contribution < -0.4 is 11.5 Å². The Morgan fingerprint density at radius 2 is 2.00 bits per heavy atom. The Bertz CT molecular complexity index is 466. The highest BCUT2D eigenvalue weighted by molar-refractivity contribution is 5.78. The fourth-order valence-corrected chi connectivity index (χ4v) is 1.63. The number of aromatic amines is 1. The van der Waals surface area contributed by atoms with Gasteiger partial charge in [0.05, 0.1) is 0 Å². The monoisotopic (exact) mass is 263 g/mol. The van der Waals surface area contributed by atoms with Crippen LogP contribution in [-0.4, -0.2) is 28.6 Å². The molecule has 0 bridgehead atoms. The number of carbonyl (C=O) groups is 1. The molecule has 1 atom stereocenters. The van der Waals surface area contributed by atoms with Gasteiger partial charge >= 0.3 is 5.97 Å². The topological polar surface area (TPSA) is 105 Å². The van der Waals surface area contributed by atoms with E-state index in [1.165, 1.54) is 10.9 Å². The molecule has 0 aliphatic rings. The number of para-hydroxylation sites is 1. The Balaban J connectivity index is 0.000000190. The van der Waals surface area contributed by atoms with Crippen LogP contribution in [0.2, 0.25) is 0 Å². The van der Waals surface area contributed by atoms with Crippen molar-refractivity contribution in [2.45, 2.75) is 25.3 Å². The molecule has 0 amide bonds. The molecule has 0 unspecified atom stereocenters. The smallest absolute Gasteiger partial charge is 0.320 e. The normalized spacial score (nSPS) is 11.7.